The first-order valence-corrected chi connectivity index (χ1v) is 7.98. The molecule has 0 aliphatic carbocycles. The molecule has 1 saturated heterocycles. The molecule has 2 aromatic rings. The Morgan fingerprint density at radius 2 is 1.86 bits per heavy atom. The largest absolute Gasteiger partial charge is 0.353 e. The molecule has 0 saturated carbocycles. The van der Waals surface area contributed by atoms with Gasteiger partial charge in [-0.05, 0) is 31.2 Å². The summed E-state index contributed by atoms with van der Waals surface area (Å²) in [4.78, 5) is 7.24. The molecule has 114 valence electrons. The van der Waals surface area contributed by atoms with Crippen LogP contribution in [-0.2, 0) is 0 Å². The number of amidine groups is 1. The lowest BCUT2D eigenvalue weighted by atomic mass is 10.1. The molecular formula is C18H20ClN3. The zero-order chi connectivity index (χ0) is 15.4. The van der Waals surface area contributed by atoms with Gasteiger partial charge in [-0.15, -0.1) is 0 Å². The van der Waals surface area contributed by atoms with Crippen LogP contribution in [0.25, 0.3) is 0 Å². The molecule has 1 heterocycles. The highest BCUT2D eigenvalue weighted by Crippen LogP contribution is 2.19. The predicted molar refractivity (Wildman–Crippen MR) is 93.1 cm³/mol. The minimum atomic E-state index is 0.466. The molecule has 0 amide bonds. The van der Waals surface area contributed by atoms with Gasteiger partial charge in [-0.1, -0.05) is 41.9 Å². The Kier molecular flexibility index (Phi) is 4.76. The number of benzene rings is 2. The Hall–Kier alpha value is -1.84. The SMILES string of the molecule is CC1CN(C(=Nc2ccc(Cl)cc2)c2ccccc2)CCN1. The van der Waals surface area contributed by atoms with Gasteiger partial charge in [-0.25, -0.2) is 4.99 Å². The van der Waals surface area contributed by atoms with E-state index in [2.05, 4.69) is 41.4 Å². The van der Waals surface area contributed by atoms with E-state index in [0.29, 0.717) is 6.04 Å². The van der Waals surface area contributed by atoms with E-state index in [4.69, 9.17) is 16.6 Å². The van der Waals surface area contributed by atoms with E-state index in [0.717, 1.165) is 41.7 Å². The van der Waals surface area contributed by atoms with Crippen molar-refractivity contribution in [1.82, 2.24) is 10.2 Å². The quantitative estimate of drug-likeness (QED) is 0.676. The van der Waals surface area contributed by atoms with Crippen LogP contribution in [-0.4, -0.2) is 36.4 Å². The lowest BCUT2D eigenvalue weighted by molar-refractivity contribution is 0.304. The highest BCUT2D eigenvalue weighted by atomic mass is 35.5. The van der Waals surface area contributed by atoms with Gasteiger partial charge in [0, 0.05) is 36.3 Å². The second-order valence-corrected chi connectivity index (χ2v) is 6.02. The Labute approximate surface area is 136 Å². The van der Waals surface area contributed by atoms with Gasteiger partial charge in [-0.2, -0.15) is 0 Å². The average Bonchev–Trinajstić information content (AvgIpc) is 2.55. The summed E-state index contributed by atoms with van der Waals surface area (Å²) in [6.07, 6.45) is 0. The number of piperazine rings is 1. The normalized spacial score (nSPS) is 19.3. The van der Waals surface area contributed by atoms with Gasteiger partial charge in [0.25, 0.3) is 0 Å². The molecule has 0 spiro atoms. The van der Waals surface area contributed by atoms with Crippen molar-refractivity contribution in [3.63, 3.8) is 0 Å². The number of halogens is 1. The lowest BCUT2D eigenvalue weighted by Crippen LogP contribution is -2.51. The molecule has 1 aliphatic rings. The van der Waals surface area contributed by atoms with Gasteiger partial charge < -0.3 is 10.2 Å². The van der Waals surface area contributed by atoms with Crippen LogP contribution >= 0.6 is 11.6 Å². The first kappa shape index (κ1) is 15.1. The van der Waals surface area contributed by atoms with Crippen LogP contribution in [0.2, 0.25) is 5.02 Å². The van der Waals surface area contributed by atoms with Gasteiger partial charge in [0.15, 0.2) is 0 Å². The molecule has 1 aliphatic heterocycles. The van der Waals surface area contributed by atoms with Crippen LogP contribution in [0, 0.1) is 0 Å². The fourth-order valence-electron chi connectivity index (χ4n) is 2.67. The highest BCUT2D eigenvalue weighted by Gasteiger charge is 2.20. The van der Waals surface area contributed by atoms with E-state index in [1.54, 1.807) is 0 Å². The number of aliphatic imine (C=N–C) groups is 1. The molecule has 0 aromatic heterocycles. The smallest absolute Gasteiger partial charge is 0.136 e. The van der Waals surface area contributed by atoms with Crippen molar-refractivity contribution in [1.29, 1.82) is 0 Å². The predicted octanol–water partition coefficient (Wildman–Crippen LogP) is 3.71. The van der Waals surface area contributed by atoms with Crippen molar-refractivity contribution >= 4 is 23.1 Å². The summed E-state index contributed by atoms with van der Waals surface area (Å²) in [5.41, 5.74) is 2.07. The van der Waals surface area contributed by atoms with Crippen molar-refractivity contribution in [3.05, 3.63) is 65.2 Å². The minimum Gasteiger partial charge on any atom is -0.353 e. The summed E-state index contributed by atoms with van der Waals surface area (Å²) >= 11 is 5.97. The Bertz CT molecular complexity index is 637. The standard InChI is InChI=1S/C18H20ClN3/c1-14-13-22(12-11-20-14)18(15-5-3-2-4-6-15)21-17-9-7-16(19)8-10-17/h2-10,14,20H,11-13H2,1H3. The average molecular weight is 314 g/mol. The Morgan fingerprint density at radius 3 is 2.55 bits per heavy atom. The van der Waals surface area contributed by atoms with E-state index in [1.165, 1.54) is 0 Å². The van der Waals surface area contributed by atoms with Crippen LogP contribution in [0.4, 0.5) is 5.69 Å². The third kappa shape index (κ3) is 3.67. The van der Waals surface area contributed by atoms with Gasteiger partial charge >= 0.3 is 0 Å². The van der Waals surface area contributed by atoms with E-state index in [1.807, 2.05) is 30.3 Å². The van der Waals surface area contributed by atoms with E-state index >= 15 is 0 Å². The van der Waals surface area contributed by atoms with Crippen LogP contribution < -0.4 is 5.32 Å². The number of hydrogen-bond acceptors (Lipinski definition) is 2. The Balaban J connectivity index is 1.97. The molecular weight excluding hydrogens is 294 g/mol. The fourth-order valence-corrected chi connectivity index (χ4v) is 2.79. The van der Waals surface area contributed by atoms with Crippen molar-refractivity contribution < 1.29 is 0 Å². The van der Waals surface area contributed by atoms with Crippen LogP contribution in [0.1, 0.15) is 12.5 Å². The van der Waals surface area contributed by atoms with Gasteiger partial charge in [0.05, 0.1) is 5.69 Å². The Morgan fingerprint density at radius 1 is 1.14 bits per heavy atom. The van der Waals surface area contributed by atoms with Crippen LogP contribution in [0.5, 0.6) is 0 Å². The second-order valence-electron chi connectivity index (χ2n) is 5.58. The summed E-state index contributed by atoms with van der Waals surface area (Å²) in [5, 5.41) is 4.21. The lowest BCUT2D eigenvalue weighted by Gasteiger charge is -2.34. The zero-order valence-electron chi connectivity index (χ0n) is 12.7. The molecule has 22 heavy (non-hydrogen) atoms. The van der Waals surface area contributed by atoms with E-state index < -0.39 is 0 Å². The first-order chi connectivity index (χ1) is 10.7. The molecule has 1 N–H and O–H groups in total. The number of nitrogens with zero attached hydrogens (tertiary/aromatic N) is 2. The molecule has 0 radical (unpaired) electrons. The molecule has 4 heteroatoms. The van der Waals surface area contributed by atoms with Gasteiger partial charge in [0.1, 0.15) is 5.84 Å². The highest BCUT2D eigenvalue weighted by molar-refractivity contribution is 6.30. The topological polar surface area (TPSA) is 27.6 Å². The number of hydrogen-bond donors (Lipinski definition) is 1. The summed E-state index contributed by atoms with van der Waals surface area (Å²) in [7, 11) is 0. The second kappa shape index (κ2) is 6.95. The summed E-state index contributed by atoms with van der Waals surface area (Å²) < 4.78 is 0. The maximum Gasteiger partial charge on any atom is 0.136 e. The molecule has 1 fully saturated rings. The first-order valence-electron chi connectivity index (χ1n) is 7.60. The maximum atomic E-state index is 5.97. The monoisotopic (exact) mass is 313 g/mol. The number of rotatable bonds is 2. The van der Waals surface area contributed by atoms with E-state index in [-0.39, 0.29) is 0 Å². The van der Waals surface area contributed by atoms with Crippen molar-refractivity contribution in [2.75, 3.05) is 19.6 Å². The maximum absolute atomic E-state index is 5.97. The molecule has 2 aromatic carbocycles. The third-order valence-electron chi connectivity index (χ3n) is 3.76. The summed E-state index contributed by atoms with van der Waals surface area (Å²) in [5.74, 6) is 1.02. The molecule has 0 bridgehead atoms. The van der Waals surface area contributed by atoms with Crippen LogP contribution in [0.3, 0.4) is 0 Å². The summed E-state index contributed by atoms with van der Waals surface area (Å²) in [6.45, 7) is 5.11. The molecule has 3 nitrogen and oxygen atoms in total. The van der Waals surface area contributed by atoms with Crippen LogP contribution in [0.15, 0.2) is 59.6 Å². The van der Waals surface area contributed by atoms with Gasteiger partial charge in [0.2, 0.25) is 0 Å². The summed E-state index contributed by atoms with van der Waals surface area (Å²) in [6, 6.07) is 18.5. The molecule has 1 atom stereocenters. The van der Waals surface area contributed by atoms with Gasteiger partial charge in [-0.3, -0.25) is 0 Å². The number of nitrogens with one attached hydrogen (secondary N) is 1. The van der Waals surface area contributed by atoms with Crippen molar-refractivity contribution in [2.24, 2.45) is 4.99 Å². The van der Waals surface area contributed by atoms with Crippen molar-refractivity contribution in [3.8, 4) is 0 Å². The minimum absolute atomic E-state index is 0.466. The molecule has 1 unspecified atom stereocenters. The third-order valence-corrected chi connectivity index (χ3v) is 4.01. The van der Waals surface area contributed by atoms with E-state index in [9.17, 15) is 0 Å². The molecule has 3 rings (SSSR count). The van der Waals surface area contributed by atoms with Crippen molar-refractivity contribution in [2.45, 2.75) is 13.0 Å². The fraction of sp³-hybridized carbons (Fsp3) is 0.278. The zero-order valence-corrected chi connectivity index (χ0v) is 13.4.